The van der Waals surface area contributed by atoms with E-state index < -0.39 is 5.97 Å². The maximum absolute atomic E-state index is 11.8. The number of nitrogens with zero attached hydrogens (tertiary/aromatic N) is 6. The average Bonchev–Trinajstić information content (AvgIpc) is 2.92. The minimum Gasteiger partial charge on any atom is -0.478 e. The highest BCUT2D eigenvalue weighted by Gasteiger charge is 2.21. The van der Waals surface area contributed by atoms with Crippen molar-refractivity contribution in [3.63, 3.8) is 0 Å². The van der Waals surface area contributed by atoms with Gasteiger partial charge >= 0.3 is 5.97 Å². The van der Waals surface area contributed by atoms with E-state index in [1.54, 1.807) is 24.2 Å². The van der Waals surface area contributed by atoms with E-state index in [1.165, 1.54) is 0 Å². The molecule has 0 spiro atoms. The van der Waals surface area contributed by atoms with Crippen molar-refractivity contribution in [3.8, 4) is 11.1 Å². The van der Waals surface area contributed by atoms with Crippen LogP contribution in [-0.4, -0.2) is 76.6 Å². The number of carbonyl (C=O) groups is 2. The molecule has 39 heavy (non-hydrogen) atoms. The highest BCUT2D eigenvalue weighted by Crippen LogP contribution is 2.23. The molecule has 1 saturated heterocycles. The fraction of sp³-hybridized carbons (Fsp3) is 0.296. The first-order valence-electron chi connectivity index (χ1n) is 12.1. The molecule has 0 atom stereocenters. The fourth-order valence-electron chi connectivity index (χ4n) is 4.30. The first kappa shape index (κ1) is 31.5. The molecule has 1 aliphatic rings. The highest BCUT2D eigenvalue weighted by atomic mass is 35.5. The number of aromatic nitrogens is 3. The van der Waals surface area contributed by atoms with Crippen molar-refractivity contribution in [2.24, 2.45) is 5.73 Å². The van der Waals surface area contributed by atoms with Crippen molar-refractivity contribution in [1.29, 1.82) is 0 Å². The van der Waals surface area contributed by atoms with Crippen LogP contribution in [0.1, 0.15) is 16.7 Å². The number of anilines is 2. The van der Waals surface area contributed by atoms with Gasteiger partial charge in [0.1, 0.15) is 5.82 Å². The first-order valence-corrected chi connectivity index (χ1v) is 12.1. The third-order valence-corrected chi connectivity index (χ3v) is 6.27. The van der Waals surface area contributed by atoms with E-state index in [2.05, 4.69) is 24.8 Å². The number of carboxylic acid groups (broad SMARTS) is 1. The molecule has 1 amide bonds. The molecule has 10 nitrogen and oxygen atoms in total. The third kappa shape index (κ3) is 8.13. The lowest BCUT2D eigenvalue weighted by Gasteiger charge is -2.36. The van der Waals surface area contributed by atoms with Gasteiger partial charge in [-0.2, -0.15) is 0 Å². The Kier molecular flexibility index (Phi) is 11.7. The molecule has 208 valence electrons. The molecule has 0 radical (unpaired) electrons. The smallest absolute Gasteiger partial charge is 0.328 e. The Morgan fingerprint density at radius 3 is 2.28 bits per heavy atom. The molecule has 3 N–H and O–H groups in total. The molecule has 3 heterocycles. The Hall–Kier alpha value is -3.73. The summed E-state index contributed by atoms with van der Waals surface area (Å²) < 4.78 is 0. The number of halogens is 2. The van der Waals surface area contributed by atoms with Crippen LogP contribution in [0.15, 0.2) is 55.0 Å². The maximum Gasteiger partial charge on any atom is 0.328 e. The normalized spacial score (nSPS) is 13.0. The number of amides is 1. The maximum atomic E-state index is 11.8. The SMILES string of the molecule is Cc1cc(/C=C/C(=O)O)cnc1N1CCN(c2ncc(-c3cccc(CN(C)C(=O)CN)c3)cn2)CC1.Cl.Cl. The van der Waals surface area contributed by atoms with Crippen LogP contribution < -0.4 is 15.5 Å². The summed E-state index contributed by atoms with van der Waals surface area (Å²) >= 11 is 0. The second-order valence-electron chi connectivity index (χ2n) is 8.98. The molecular formula is C27H33Cl2N7O3. The minimum absolute atomic E-state index is 0. The van der Waals surface area contributed by atoms with Gasteiger partial charge in [-0.15, -0.1) is 24.8 Å². The van der Waals surface area contributed by atoms with E-state index in [9.17, 15) is 9.59 Å². The Morgan fingerprint density at radius 1 is 1.00 bits per heavy atom. The van der Waals surface area contributed by atoms with E-state index in [4.69, 9.17) is 10.8 Å². The van der Waals surface area contributed by atoms with Crippen molar-refractivity contribution in [2.45, 2.75) is 13.5 Å². The number of pyridine rings is 1. The summed E-state index contributed by atoms with van der Waals surface area (Å²) in [4.78, 5) is 42.3. The van der Waals surface area contributed by atoms with Gasteiger partial charge in [-0.1, -0.05) is 18.2 Å². The van der Waals surface area contributed by atoms with E-state index >= 15 is 0 Å². The summed E-state index contributed by atoms with van der Waals surface area (Å²) in [6.45, 7) is 5.55. The van der Waals surface area contributed by atoms with Crippen LogP contribution in [0.4, 0.5) is 11.8 Å². The quantitative estimate of drug-likeness (QED) is 0.390. The summed E-state index contributed by atoms with van der Waals surface area (Å²) in [5.74, 6) is 0.508. The predicted octanol–water partition coefficient (Wildman–Crippen LogP) is 3.03. The van der Waals surface area contributed by atoms with Gasteiger partial charge in [0.15, 0.2) is 0 Å². The largest absolute Gasteiger partial charge is 0.478 e. The summed E-state index contributed by atoms with van der Waals surface area (Å²) in [5.41, 5.74) is 10.1. The zero-order valence-electron chi connectivity index (χ0n) is 21.9. The molecule has 1 aliphatic heterocycles. The fourth-order valence-corrected chi connectivity index (χ4v) is 4.30. The first-order chi connectivity index (χ1) is 17.8. The number of aryl methyl sites for hydroxylation is 1. The summed E-state index contributed by atoms with van der Waals surface area (Å²) in [5, 5.41) is 8.81. The van der Waals surface area contributed by atoms with Gasteiger partial charge in [-0.25, -0.2) is 19.7 Å². The lowest BCUT2D eigenvalue weighted by Crippen LogP contribution is -2.47. The molecule has 0 saturated carbocycles. The van der Waals surface area contributed by atoms with Crippen molar-refractivity contribution in [1.82, 2.24) is 19.9 Å². The van der Waals surface area contributed by atoms with Gasteiger partial charge in [0.25, 0.3) is 0 Å². The van der Waals surface area contributed by atoms with E-state index in [0.717, 1.165) is 65.9 Å². The molecule has 12 heteroatoms. The Bertz CT molecular complexity index is 1300. The zero-order valence-corrected chi connectivity index (χ0v) is 23.5. The van der Waals surface area contributed by atoms with Crippen molar-refractivity contribution in [3.05, 3.63) is 71.7 Å². The summed E-state index contributed by atoms with van der Waals surface area (Å²) in [6, 6.07) is 9.93. The molecule has 0 unspecified atom stereocenters. The topological polar surface area (TPSA) is 129 Å². The lowest BCUT2D eigenvalue weighted by molar-refractivity contribution is -0.131. The van der Waals surface area contributed by atoms with Crippen molar-refractivity contribution >= 4 is 54.5 Å². The van der Waals surface area contributed by atoms with Crippen LogP contribution in [0.3, 0.4) is 0 Å². The number of benzene rings is 1. The van der Waals surface area contributed by atoms with Gasteiger partial charge in [0.05, 0.1) is 6.54 Å². The van der Waals surface area contributed by atoms with Crippen LogP contribution in [0, 0.1) is 6.92 Å². The second kappa shape index (κ2) is 14.4. The van der Waals surface area contributed by atoms with Gasteiger partial charge in [-0.3, -0.25) is 4.79 Å². The van der Waals surface area contributed by atoms with Crippen LogP contribution in [0.25, 0.3) is 17.2 Å². The molecule has 1 aromatic carbocycles. The molecule has 1 fully saturated rings. The lowest BCUT2D eigenvalue weighted by atomic mass is 10.1. The third-order valence-electron chi connectivity index (χ3n) is 6.27. The average molecular weight is 575 g/mol. The van der Waals surface area contributed by atoms with Crippen LogP contribution in [-0.2, 0) is 16.1 Å². The zero-order chi connectivity index (χ0) is 26.4. The van der Waals surface area contributed by atoms with E-state index in [-0.39, 0.29) is 37.3 Å². The van der Waals surface area contributed by atoms with Crippen LogP contribution in [0.2, 0.25) is 0 Å². The Balaban J connectivity index is 0.00000267. The molecule has 2 aromatic heterocycles. The number of aliphatic carboxylic acids is 1. The van der Waals surface area contributed by atoms with Gasteiger partial charge in [-0.05, 0) is 47.4 Å². The molecule has 0 aliphatic carbocycles. The Labute approximate surface area is 240 Å². The number of carbonyl (C=O) groups excluding carboxylic acids is 1. The molecule has 4 rings (SSSR count). The number of rotatable bonds is 8. The summed E-state index contributed by atoms with van der Waals surface area (Å²) in [7, 11) is 1.74. The monoisotopic (exact) mass is 573 g/mol. The van der Waals surface area contributed by atoms with Gasteiger partial charge < -0.3 is 25.5 Å². The number of nitrogens with two attached hydrogens (primary N) is 1. The molecule has 0 bridgehead atoms. The predicted molar refractivity (Wildman–Crippen MR) is 158 cm³/mol. The Morgan fingerprint density at radius 2 is 1.67 bits per heavy atom. The number of hydrogen-bond donors (Lipinski definition) is 2. The number of hydrogen-bond acceptors (Lipinski definition) is 8. The minimum atomic E-state index is -0.981. The second-order valence-corrected chi connectivity index (χ2v) is 8.98. The highest BCUT2D eigenvalue weighted by molar-refractivity contribution is 5.86. The number of likely N-dealkylation sites (N-methyl/N-ethyl adjacent to an activating group) is 1. The summed E-state index contributed by atoms with van der Waals surface area (Å²) in [6.07, 6.45) is 8.01. The van der Waals surface area contributed by atoms with Gasteiger partial charge in [0.2, 0.25) is 11.9 Å². The molecule has 3 aromatic rings. The van der Waals surface area contributed by atoms with Crippen LogP contribution >= 0.6 is 24.8 Å². The van der Waals surface area contributed by atoms with Gasteiger partial charge in [0, 0.05) is 70.0 Å². The van der Waals surface area contributed by atoms with Crippen LogP contribution in [0.5, 0.6) is 0 Å². The standard InChI is InChI=1S/C27H31N7O3.2ClH/c1-19-12-20(6-7-25(36)37)15-29-26(19)33-8-10-34(11-9-33)27-30-16-23(17-31-27)22-5-3-4-21(13-22)18-32(2)24(35)14-28;;/h3-7,12-13,15-17H,8-11,14,18,28H2,1-2H3,(H,36,37);2*1H/b7-6+;;. The van der Waals surface area contributed by atoms with Crippen molar-refractivity contribution < 1.29 is 14.7 Å². The number of carboxylic acids is 1. The molecular weight excluding hydrogens is 541 g/mol. The van der Waals surface area contributed by atoms with E-state index in [1.807, 2.05) is 49.6 Å². The van der Waals surface area contributed by atoms with E-state index in [0.29, 0.717) is 12.5 Å². The number of piperazine rings is 1. The van der Waals surface area contributed by atoms with Crippen molar-refractivity contribution in [2.75, 3.05) is 49.6 Å².